The van der Waals surface area contributed by atoms with Crippen molar-refractivity contribution < 1.29 is 9.53 Å². The summed E-state index contributed by atoms with van der Waals surface area (Å²) in [6.07, 6.45) is 1.90. The molecule has 1 N–H and O–H groups in total. The van der Waals surface area contributed by atoms with Crippen LogP contribution in [0.4, 0.5) is 0 Å². The van der Waals surface area contributed by atoms with Crippen LogP contribution in [0.1, 0.15) is 28.7 Å². The maximum absolute atomic E-state index is 11.9. The molecule has 0 saturated carbocycles. The molecule has 0 atom stereocenters. The molecule has 0 aliphatic heterocycles. The number of aryl methyl sites for hydroxylation is 3. The lowest BCUT2D eigenvalue weighted by Gasteiger charge is -2.12. The summed E-state index contributed by atoms with van der Waals surface area (Å²) in [5.41, 5.74) is 4.71. The van der Waals surface area contributed by atoms with Gasteiger partial charge in [0.15, 0.2) is 6.61 Å². The van der Waals surface area contributed by atoms with Crippen molar-refractivity contribution >= 4 is 5.91 Å². The molecule has 2 rings (SSSR count). The number of carbonyl (C=O) groups excluding carboxylic acids is 1. The topological polar surface area (TPSA) is 38.3 Å². The van der Waals surface area contributed by atoms with E-state index in [4.69, 9.17) is 4.74 Å². The molecule has 1 amide bonds. The van der Waals surface area contributed by atoms with E-state index in [1.54, 1.807) is 0 Å². The lowest BCUT2D eigenvalue weighted by Crippen LogP contribution is -2.30. The second-order valence-electron chi connectivity index (χ2n) is 5.93. The highest BCUT2D eigenvalue weighted by atomic mass is 16.5. The summed E-state index contributed by atoms with van der Waals surface area (Å²) in [4.78, 5) is 11.9. The summed E-state index contributed by atoms with van der Waals surface area (Å²) in [7, 11) is 0. The minimum atomic E-state index is -0.0726. The van der Waals surface area contributed by atoms with Crippen molar-refractivity contribution in [1.29, 1.82) is 0 Å². The lowest BCUT2D eigenvalue weighted by atomic mass is 10.1. The Bertz CT molecular complexity index is 650. The molecule has 2 aromatic rings. The van der Waals surface area contributed by atoms with Crippen LogP contribution in [-0.2, 0) is 11.2 Å². The largest absolute Gasteiger partial charge is 0.483 e. The molecule has 2 aromatic carbocycles. The van der Waals surface area contributed by atoms with Crippen LogP contribution >= 0.6 is 0 Å². The van der Waals surface area contributed by atoms with E-state index in [-0.39, 0.29) is 12.5 Å². The first-order valence-corrected chi connectivity index (χ1v) is 8.07. The van der Waals surface area contributed by atoms with Gasteiger partial charge in [-0.05, 0) is 61.9 Å². The molecular weight excluding hydrogens is 286 g/mol. The van der Waals surface area contributed by atoms with E-state index in [2.05, 4.69) is 30.4 Å². The molecule has 0 heterocycles. The van der Waals surface area contributed by atoms with Crippen molar-refractivity contribution in [1.82, 2.24) is 5.32 Å². The third-order valence-electron chi connectivity index (χ3n) is 3.93. The van der Waals surface area contributed by atoms with Crippen LogP contribution in [-0.4, -0.2) is 19.1 Å². The number of ether oxygens (including phenoxy) is 1. The Hall–Kier alpha value is -2.29. The van der Waals surface area contributed by atoms with Gasteiger partial charge in [-0.15, -0.1) is 0 Å². The summed E-state index contributed by atoms with van der Waals surface area (Å²) >= 11 is 0. The first-order chi connectivity index (χ1) is 11.1. The summed E-state index contributed by atoms with van der Waals surface area (Å²) in [5, 5.41) is 2.91. The Balaban J connectivity index is 1.71. The summed E-state index contributed by atoms with van der Waals surface area (Å²) in [6.45, 7) is 6.83. The maximum atomic E-state index is 11.9. The third kappa shape index (κ3) is 5.44. The standard InChI is InChI=1S/C20H25NO2/c1-15-12-16(2)17(3)19(13-15)23-14-20(22)21-11-7-10-18-8-5-4-6-9-18/h4-6,8-9,12-13H,7,10-11,14H2,1-3H3,(H,21,22). The van der Waals surface area contributed by atoms with Gasteiger partial charge in [-0.1, -0.05) is 36.4 Å². The van der Waals surface area contributed by atoms with Gasteiger partial charge in [-0.2, -0.15) is 0 Å². The van der Waals surface area contributed by atoms with Crippen molar-refractivity contribution in [3.8, 4) is 5.75 Å². The fraction of sp³-hybridized carbons (Fsp3) is 0.350. The zero-order chi connectivity index (χ0) is 16.7. The van der Waals surface area contributed by atoms with Crippen LogP contribution in [0.3, 0.4) is 0 Å². The Morgan fingerprint density at radius 1 is 1.09 bits per heavy atom. The predicted molar refractivity (Wildman–Crippen MR) is 93.9 cm³/mol. The highest BCUT2D eigenvalue weighted by molar-refractivity contribution is 5.77. The van der Waals surface area contributed by atoms with Crippen LogP contribution in [0.25, 0.3) is 0 Å². The molecule has 0 spiro atoms. The molecule has 23 heavy (non-hydrogen) atoms. The molecule has 0 bridgehead atoms. The van der Waals surface area contributed by atoms with Gasteiger partial charge in [0.2, 0.25) is 0 Å². The molecular formula is C20H25NO2. The minimum absolute atomic E-state index is 0.0646. The minimum Gasteiger partial charge on any atom is -0.483 e. The van der Waals surface area contributed by atoms with Crippen LogP contribution in [0.2, 0.25) is 0 Å². The van der Waals surface area contributed by atoms with Gasteiger partial charge in [-0.25, -0.2) is 0 Å². The number of nitrogens with one attached hydrogen (secondary N) is 1. The van der Waals surface area contributed by atoms with Gasteiger partial charge in [0.1, 0.15) is 5.75 Å². The van der Waals surface area contributed by atoms with Crippen molar-refractivity contribution in [2.45, 2.75) is 33.6 Å². The molecule has 122 valence electrons. The first kappa shape index (κ1) is 17.1. The zero-order valence-electron chi connectivity index (χ0n) is 14.2. The fourth-order valence-corrected chi connectivity index (χ4v) is 2.51. The number of hydrogen-bond acceptors (Lipinski definition) is 2. The van der Waals surface area contributed by atoms with Crippen molar-refractivity contribution in [3.63, 3.8) is 0 Å². The number of benzene rings is 2. The average molecular weight is 311 g/mol. The molecule has 0 aromatic heterocycles. The first-order valence-electron chi connectivity index (χ1n) is 8.07. The van der Waals surface area contributed by atoms with Gasteiger partial charge in [0.05, 0.1) is 0 Å². The normalized spacial score (nSPS) is 10.4. The molecule has 0 unspecified atom stereocenters. The van der Waals surface area contributed by atoms with E-state index in [1.165, 1.54) is 11.1 Å². The highest BCUT2D eigenvalue weighted by Gasteiger charge is 2.07. The quantitative estimate of drug-likeness (QED) is 0.791. The van der Waals surface area contributed by atoms with Crippen LogP contribution in [0, 0.1) is 20.8 Å². The maximum Gasteiger partial charge on any atom is 0.257 e. The molecule has 0 aliphatic carbocycles. The van der Waals surface area contributed by atoms with Crippen LogP contribution in [0.15, 0.2) is 42.5 Å². The number of hydrogen-bond donors (Lipinski definition) is 1. The van der Waals surface area contributed by atoms with Crippen molar-refractivity contribution in [2.24, 2.45) is 0 Å². The number of amides is 1. The fourth-order valence-electron chi connectivity index (χ4n) is 2.51. The zero-order valence-corrected chi connectivity index (χ0v) is 14.2. The van der Waals surface area contributed by atoms with E-state index in [0.717, 1.165) is 29.7 Å². The number of carbonyl (C=O) groups is 1. The van der Waals surface area contributed by atoms with Crippen LogP contribution in [0.5, 0.6) is 5.75 Å². The molecule has 0 fully saturated rings. The van der Waals surface area contributed by atoms with E-state index in [9.17, 15) is 4.79 Å². The molecule has 0 aliphatic rings. The molecule has 0 radical (unpaired) electrons. The van der Waals surface area contributed by atoms with Crippen molar-refractivity contribution in [3.05, 3.63) is 64.7 Å². The Morgan fingerprint density at radius 2 is 1.83 bits per heavy atom. The van der Waals surface area contributed by atoms with E-state index < -0.39 is 0 Å². The third-order valence-corrected chi connectivity index (χ3v) is 3.93. The highest BCUT2D eigenvalue weighted by Crippen LogP contribution is 2.23. The molecule has 3 heteroatoms. The van der Waals surface area contributed by atoms with Gasteiger partial charge in [0, 0.05) is 6.54 Å². The van der Waals surface area contributed by atoms with Crippen molar-refractivity contribution in [2.75, 3.05) is 13.2 Å². The van der Waals surface area contributed by atoms with Gasteiger partial charge >= 0.3 is 0 Å². The Kier molecular flexibility index (Phi) is 6.21. The monoisotopic (exact) mass is 311 g/mol. The Morgan fingerprint density at radius 3 is 2.57 bits per heavy atom. The van der Waals surface area contributed by atoms with E-state index in [0.29, 0.717) is 6.54 Å². The number of rotatable bonds is 7. The van der Waals surface area contributed by atoms with Gasteiger partial charge in [0.25, 0.3) is 5.91 Å². The Labute approximate surface area is 138 Å². The van der Waals surface area contributed by atoms with E-state index >= 15 is 0 Å². The molecule has 3 nitrogen and oxygen atoms in total. The second kappa shape index (κ2) is 8.37. The van der Waals surface area contributed by atoms with E-state index in [1.807, 2.05) is 38.1 Å². The predicted octanol–water partition coefficient (Wildman–Crippen LogP) is 3.74. The lowest BCUT2D eigenvalue weighted by molar-refractivity contribution is -0.123. The smallest absolute Gasteiger partial charge is 0.257 e. The summed E-state index contributed by atoms with van der Waals surface area (Å²) in [6, 6.07) is 14.4. The second-order valence-corrected chi connectivity index (χ2v) is 5.93. The van der Waals surface area contributed by atoms with Crippen LogP contribution < -0.4 is 10.1 Å². The SMILES string of the molecule is Cc1cc(C)c(C)c(OCC(=O)NCCCc2ccccc2)c1. The van der Waals surface area contributed by atoms with Gasteiger partial charge < -0.3 is 10.1 Å². The summed E-state index contributed by atoms with van der Waals surface area (Å²) in [5.74, 6) is 0.721. The summed E-state index contributed by atoms with van der Waals surface area (Å²) < 4.78 is 5.66. The van der Waals surface area contributed by atoms with Gasteiger partial charge in [-0.3, -0.25) is 4.79 Å². The average Bonchev–Trinajstić information content (AvgIpc) is 2.54. The molecule has 0 saturated heterocycles.